The Bertz CT molecular complexity index is 591. The molecule has 1 saturated heterocycles. The topological polar surface area (TPSA) is 82.8 Å². The number of rotatable bonds is 4. The van der Waals surface area contributed by atoms with Gasteiger partial charge in [-0.15, -0.1) is 0 Å². The molecule has 0 radical (unpaired) electrons. The maximum atomic E-state index is 12.2. The first-order valence-corrected chi connectivity index (χ1v) is 7.27. The molecule has 6 nitrogen and oxygen atoms in total. The minimum absolute atomic E-state index is 0.00474. The van der Waals surface area contributed by atoms with Gasteiger partial charge in [0.15, 0.2) is 0 Å². The van der Waals surface area contributed by atoms with E-state index in [0.717, 1.165) is 30.6 Å². The Morgan fingerprint density at radius 3 is 3.10 bits per heavy atom. The summed E-state index contributed by atoms with van der Waals surface area (Å²) in [5, 5.41) is 9.82. The van der Waals surface area contributed by atoms with Crippen molar-refractivity contribution in [1.82, 2.24) is 20.5 Å². The van der Waals surface area contributed by atoms with E-state index in [4.69, 9.17) is 4.74 Å². The Labute approximate surface area is 123 Å². The number of amides is 1. The normalized spacial score (nSPS) is 22.1. The quantitative estimate of drug-likeness (QED) is 0.804. The van der Waals surface area contributed by atoms with Gasteiger partial charge in [-0.3, -0.25) is 9.89 Å². The van der Waals surface area contributed by atoms with Gasteiger partial charge in [0.1, 0.15) is 0 Å². The van der Waals surface area contributed by atoms with Crippen molar-refractivity contribution in [2.75, 3.05) is 13.2 Å². The van der Waals surface area contributed by atoms with Gasteiger partial charge in [0.05, 0.1) is 17.9 Å². The standard InChI is InChI=1S/C15H20N4O2/c1-10-5-16-9-13(10)15(20)17-6-11-3-2-4-21-14(11)12-7-18-19-8-12/h5,7-9,11,14,16H,2-4,6H2,1H3,(H,17,20)(H,18,19)/t11-,14+/m0/s1. The molecule has 3 N–H and O–H groups in total. The highest BCUT2D eigenvalue weighted by molar-refractivity contribution is 5.95. The first-order valence-electron chi connectivity index (χ1n) is 7.27. The fourth-order valence-corrected chi connectivity index (χ4v) is 2.84. The van der Waals surface area contributed by atoms with E-state index in [-0.39, 0.29) is 17.9 Å². The van der Waals surface area contributed by atoms with Crippen LogP contribution in [0, 0.1) is 12.8 Å². The van der Waals surface area contributed by atoms with Gasteiger partial charge in [-0.2, -0.15) is 5.10 Å². The maximum Gasteiger partial charge on any atom is 0.253 e. The summed E-state index contributed by atoms with van der Waals surface area (Å²) < 4.78 is 5.86. The molecule has 2 aromatic rings. The summed E-state index contributed by atoms with van der Waals surface area (Å²) in [6.45, 7) is 3.29. The van der Waals surface area contributed by atoms with Crippen LogP contribution in [0.3, 0.4) is 0 Å². The predicted octanol–water partition coefficient (Wildman–Crippen LogP) is 1.94. The zero-order valence-electron chi connectivity index (χ0n) is 12.1. The Hall–Kier alpha value is -2.08. The average Bonchev–Trinajstić information content (AvgIpc) is 3.16. The lowest BCUT2D eigenvalue weighted by Gasteiger charge is -2.31. The molecule has 1 aliphatic heterocycles. The summed E-state index contributed by atoms with van der Waals surface area (Å²) in [6.07, 6.45) is 9.29. The van der Waals surface area contributed by atoms with E-state index in [0.29, 0.717) is 12.1 Å². The van der Waals surface area contributed by atoms with Crippen LogP contribution in [0.4, 0.5) is 0 Å². The van der Waals surface area contributed by atoms with E-state index in [1.807, 2.05) is 19.3 Å². The lowest BCUT2D eigenvalue weighted by atomic mass is 9.91. The van der Waals surface area contributed by atoms with Crippen molar-refractivity contribution < 1.29 is 9.53 Å². The van der Waals surface area contributed by atoms with Crippen LogP contribution in [-0.4, -0.2) is 34.2 Å². The summed E-state index contributed by atoms with van der Waals surface area (Å²) >= 11 is 0. The maximum absolute atomic E-state index is 12.2. The van der Waals surface area contributed by atoms with Crippen molar-refractivity contribution >= 4 is 5.91 Å². The molecule has 0 spiro atoms. The van der Waals surface area contributed by atoms with Crippen molar-refractivity contribution in [1.29, 1.82) is 0 Å². The highest BCUT2D eigenvalue weighted by Crippen LogP contribution is 2.32. The molecule has 3 heterocycles. The number of aryl methyl sites for hydroxylation is 1. The molecule has 21 heavy (non-hydrogen) atoms. The summed E-state index contributed by atoms with van der Waals surface area (Å²) in [4.78, 5) is 15.1. The number of aromatic nitrogens is 3. The van der Waals surface area contributed by atoms with E-state index < -0.39 is 0 Å². The van der Waals surface area contributed by atoms with E-state index in [1.54, 1.807) is 12.4 Å². The van der Waals surface area contributed by atoms with Crippen LogP contribution >= 0.6 is 0 Å². The van der Waals surface area contributed by atoms with Crippen molar-refractivity contribution in [3.63, 3.8) is 0 Å². The second-order valence-electron chi connectivity index (χ2n) is 5.49. The SMILES string of the molecule is Cc1c[nH]cc1C(=O)NC[C@@H]1CCCO[C@H]1c1cn[nH]c1. The molecule has 2 aromatic heterocycles. The van der Waals surface area contributed by atoms with Gasteiger partial charge in [0.2, 0.25) is 0 Å². The van der Waals surface area contributed by atoms with Crippen molar-refractivity contribution in [3.8, 4) is 0 Å². The minimum Gasteiger partial charge on any atom is -0.373 e. The molecule has 6 heteroatoms. The molecule has 0 saturated carbocycles. The summed E-state index contributed by atoms with van der Waals surface area (Å²) in [5.74, 6) is 0.241. The lowest BCUT2D eigenvalue weighted by molar-refractivity contribution is -0.0272. The van der Waals surface area contributed by atoms with E-state index in [1.165, 1.54) is 0 Å². The number of H-pyrrole nitrogens is 2. The van der Waals surface area contributed by atoms with Gasteiger partial charge in [0, 0.05) is 43.2 Å². The monoisotopic (exact) mass is 288 g/mol. The molecule has 0 unspecified atom stereocenters. The van der Waals surface area contributed by atoms with E-state index >= 15 is 0 Å². The van der Waals surface area contributed by atoms with Gasteiger partial charge in [-0.1, -0.05) is 0 Å². The van der Waals surface area contributed by atoms with Crippen LogP contribution in [0.2, 0.25) is 0 Å². The van der Waals surface area contributed by atoms with Crippen LogP contribution in [0.1, 0.15) is 40.4 Å². The second kappa shape index (κ2) is 6.13. The van der Waals surface area contributed by atoms with Gasteiger partial charge in [-0.25, -0.2) is 0 Å². The molecular weight excluding hydrogens is 268 g/mol. The Morgan fingerprint density at radius 1 is 1.48 bits per heavy atom. The van der Waals surface area contributed by atoms with Crippen molar-refractivity contribution in [2.24, 2.45) is 5.92 Å². The van der Waals surface area contributed by atoms with Crippen molar-refractivity contribution in [3.05, 3.63) is 41.5 Å². The molecule has 1 amide bonds. The van der Waals surface area contributed by atoms with E-state index in [9.17, 15) is 4.79 Å². The third-order valence-electron chi connectivity index (χ3n) is 4.01. The number of carbonyl (C=O) groups is 1. The summed E-state index contributed by atoms with van der Waals surface area (Å²) in [7, 11) is 0. The van der Waals surface area contributed by atoms with Crippen molar-refractivity contribution in [2.45, 2.75) is 25.9 Å². The molecule has 1 aliphatic rings. The number of nitrogens with zero attached hydrogens (tertiary/aromatic N) is 1. The number of nitrogens with one attached hydrogen (secondary N) is 3. The first kappa shape index (κ1) is 13.9. The summed E-state index contributed by atoms with van der Waals surface area (Å²) in [6, 6.07) is 0. The smallest absolute Gasteiger partial charge is 0.253 e. The lowest BCUT2D eigenvalue weighted by Crippen LogP contribution is -2.35. The van der Waals surface area contributed by atoms with E-state index in [2.05, 4.69) is 20.5 Å². The third kappa shape index (κ3) is 3.00. The third-order valence-corrected chi connectivity index (χ3v) is 4.01. The average molecular weight is 288 g/mol. The highest BCUT2D eigenvalue weighted by atomic mass is 16.5. The molecule has 0 aromatic carbocycles. The summed E-state index contributed by atoms with van der Waals surface area (Å²) in [5.41, 5.74) is 2.71. The molecule has 1 fully saturated rings. The number of carbonyl (C=O) groups excluding carboxylic acids is 1. The Kier molecular flexibility index (Phi) is 4.06. The molecule has 2 atom stereocenters. The van der Waals surface area contributed by atoms with Gasteiger partial charge < -0.3 is 15.0 Å². The highest BCUT2D eigenvalue weighted by Gasteiger charge is 2.28. The number of ether oxygens (including phenoxy) is 1. The number of hydrogen-bond donors (Lipinski definition) is 3. The van der Waals surface area contributed by atoms with Crippen LogP contribution < -0.4 is 5.32 Å². The Morgan fingerprint density at radius 2 is 2.38 bits per heavy atom. The minimum atomic E-state index is -0.0368. The van der Waals surface area contributed by atoms with Gasteiger partial charge >= 0.3 is 0 Å². The number of hydrogen-bond acceptors (Lipinski definition) is 3. The first-order chi connectivity index (χ1) is 10.3. The second-order valence-corrected chi connectivity index (χ2v) is 5.49. The fraction of sp³-hybridized carbons (Fsp3) is 0.467. The fourth-order valence-electron chi connectivity index (χ4n) is 2.84. The van der Waals surface area contributed by atoms with Crippen LogP contribution in [0.15, 0.2) is 24.8 Å². The molecule has 0 aliphatic carbocycles. The zero-order valence-corrected chi connectivity index (χ0v) is 12.1. The number of aromatic amines is 2. The zero-order chi connectivity index (χ0) is 14.7. The van der Waals surface area contributed by atoms with Gasteiger partial charge in [0.25, 0.3) is 5.91 Å². The van der Waals surface area contributed by atoms with Gasteiger partial charge in [-0.05, 0) is 25.3 Å². The molecule has 112 valence electrons. The predicted molar refractivity (Wildman–Crippen MR) is 77.9 cm³/mol. The largest absolute Gasteiger partial charge is 0.373 e. The van der Waals surface area contributed by atoms with Crippen LogP contribution in [-0.2, 0) is 4.74 Å². The Balaban J connectivity index is 1.63. The molecule has 3 rings (SSSR count). The molecular formula is C15H20N4O2. The van der Waals surface area contributed by atoms with Crippen LogP contribution in [0.25, 0.3) is 0 Å². The molecule has 0 bridgehead atoms. The van der Waals surface area contributed by atoms with Crippen LogP contribution in [0.5, 0.6) is 0 Å².